The highest BCUT2D eigenvalue weighted by Gasteiger charge is 2.21. The van der Waals surface area contributed by atoms with E-state index in [2.05, 4.69) is 10.2 Å². The van der Waals surface area contributed by atoms with Crippen molar-refractivity contribution in [2.75, 3.05) is 44.8 Å². The van der Waals surface area contributed by atoms with Crippen molar-refractivity contribution in [2.45, 2.75) is 12.8 Å². The Bertz CT molecular complexity index is 913. The van der Waals surface area contributed by atoms with E-state index in [-0.39, 0.29) is 23.3 Å². The lowest BCUT2D eigenvalue weighted by atomic mass is 9.97. The Morgan fingerprint density at radius 3 is 2.52 bits per heavy atom. The molecule has 1 amide bonds. The van der Waals surface area contributed by atoms with Crippen molar-refractivity contribution in [2.24, 2.45) is 0 Å². The second kappa shape index (κ2) is 8.27. The molecular weight excluding hydrogens is 364 g/mol. The van der Waals surface area contributed by atoms with Gasteiger partial charge in [-0.15, -0.1) is 0 Å². The van der Waals surface area contributed by atoms with Crippen LogP contribution >= 0.6 is 0 Å². The minimum Gasteiger partial charge on any atom is -0.497 e. The fourth-order valence-corrected chi connectivity index (χ4v) is 4.53. The average Bonchev–Trinajstić information content (AvgIpc) is 2.67. The van der Waals surface area contributed by atoms with Crippen molar-refractivity contribution < 1.29 is 17.9 Å². The molecule has 1 saturated heterocycles. The number of carbonyl (C=O) groups excluding carboxylic acids is 1. The molecule has 3 rings (SSSR count). The molecule has 0 bridgehead atoms. The molecule has 1 heterocycles. The SMILES string of the molecule is COc1ccc2cc([C@H](C)C(=O)NCCN3CCS(=O)(=O)CC3)ccc2c1. The van der Waals surface area contributed by atoms with Gasteiger partial charge in [0.2, 0.25) is 5.91 Å². The number of carbonyl (C=O) groups is 1. The Kier molecular flexibility index (Phi) is 6.01. The maximum atomic E-state index is 12.5. The first-order chi connectivity index (χ1) is 12.9. The van der Waals surface area contributed by atoms with Crippen LogP contribution < -0.4 is 10.1 Å². The van der Waals surface area contributed by atoms with Crippen molar-refractivity contribution in [3.8, 4) is 5.75 Å². The van der Waals surface area contributed by atoms with Crippen LogP contribution in [0.2, 0.25) is 0 Å². The first-order valence-electron chi connectivity index (χ1n) is 9.16. The molecule has 1 N–H and O–H groups in total. The summed E-state index contributed by atoms with van der Waals surface area (Å²) in [5.41, 5.74) is 0.967. The number of nitrogens with zero attached hydrogens (tertiary/aromatic N) is 1. The van der Waals surface area contributed by atoms with Crippen LogP contribution in [-0.4, -0.2) is 64.0 Å². The monoisotopic (exact) mass is 390 g/mol. The zero-order valence-electron chi connectivity index (χ0n) is 15.8. The van der Waals surface area contributed by atoms with Crippen LogP contribution in [0.3, 0.4) is 0 Å². The molecule has 27 heavy (non-hydrogen) atoms. The van der Waals surface area contributed by atoms with Gasteiger partial charge in [0, 0.05) is 26.2 Å². The van der Waals surface area contributed by atoms with E-state index in [4.69, 9.17) is 4.74 Å². The Hall–Kier alpha value is -2.12. The van der Waals surface area contributed by atoms with Gasteiger partial charge in [0.25, 0.3) is 0 Å². The van der Waals surface area contributed by atoms with E-state index in [0.29, 0.717) is 26.2 Å². The van der Waals surface area contributed by atoms with Gasteiger partial charge in [-0.2, -0.15) is 0 Å². The number of hydrogen-bond acceptors (Lipinski definition) is 5. The summed E-state index contributed by atoms with van der Waals surface area (Å²) in [6, 6.07) is 11.9. The number of fused-ring (bicyclic) bond motifs is 1. The smallest absolute Gasteiger partial charge is 0.227 e. The lowest BCUT2D eigenvalue weighted by Gasteiger charge is -2.26. The number of ether oxygens (including phenoxy) is 1. The highest BCUT2D eigenvalue weighted by molar-refractivity contribution is 7.91. The summed E-state index contributed by atoms with van der Waals surface area (Å²) in [6.07, 6.45) is 0. The van der Waals surface area contributed by atoms with Gasteiger partial charge in [-0.25, -0.2) is 8.42 Å². The van der Waals surface area contributed by atoms with Crippen molar-refractivity contribution in [1.29, 1.82) is 0 Å². The average molecular weight is 391 g/mol. The van der Waals surface area contributed by atoms with Gasteiger partial charge in [-0.1, -0.05) is 24.3 Å². The van der Waals surface area contributed by atoms with Crippen LogP contribution in [0.4, 0.5) is 0 Å². The molecule has 146 valence electrons. The van der Waals surface area contributed by atoms with Crippen LogP contribution in [-0.2, 0) is 14.6 Å². The van der Waals surface area contributed by atoms with E-state index in [1.807, 2.05) is 43.3 Å². The summed E-state index contributed by atoms with van der Waals surface area (Å²) < 4.78 is 28.1. The van der Waals surface area contributed by atoms with E-state index < -0.39 is 9.84 Å². The quantitative estimate of drug-likeness (QED) is 0.814. The number of rotatable bonds is 6. The summed E-state index contributed by atoms with van der Waals surface area (Å²) in [6.45, 7) is 4.18. The van der Waals surface area contributed by atoms with Gasteiger partial charge < -0.3 is 10.1 Å². The lowest BCUT2D eigenvalue weighted by molar-refractivity contribution is -0.122. The summed E-state index contributed by atoms with van der Waals surface area (Å²) in [4.78, 5) is 14.6. The Balaban J connectivity index is 1.54. The fraction of sp³-hybridized carbons (Fsp3) is 0.450. The minimum atomic E-state index is -2.87. The van der Waals surface area contributed by atoms with E-state index >= 15 is 0 Å². The standard InChI is InChI=1S/C20H26N2O4S/c1-15(16-3-4-18-14-19(26-2)6-5-17(18)13-16)20(23)21-7-8-22-9-11-27(24,25)12-10-22/h3-6,13-15H,7-12H2,1-2H3,(H,21,23)/t15-/m0/s1. The largest absolute Gasteiger partial charge is 0.497 e. The van der Waals surface area contributed by atoms with Crippen LogP contribution in [0.15, 0.2) is 36.4 Å². The molecule has 0 aliphatic carbocycles. The summed E-state index contributed by atoms with van der Waals surface area (Å²) in [5, 5.41) is 5.11. The Morgan fingerprint density at radius 1 is 1.15 bits per heavy atom. The first-order valence-corrected chi connectivity index (χ1v) is 11.0. The predicted octanol–water partition coefficient (Wildman–Crippen LogP) is 1.80. The molecular formula is C20H26N2O4S. The molecule has 1 aliphatic rings. The molecule has 7 heteroatoms. The van der Waals surface area contributed by atoms with Gasteiger partial charge in [-0.05, 0) is 35.4 Å². The second-order valence-corrected chi connectivity index (χ2v) is 9.28. The molecule has 6 nitrogen and oxygen atoms in total. The summed E-state index contributed by atoms with van der Waals surface area (Å²) in [7, 11) is -1.22. The zero-order chi connectivity index (χ0) is 19.4. The Labute approximate surface area is 160 Å². The number of amides is 1. The van der Waals surface area contributed by atoms with E-state index in [1.165, 1.54) is 0 Å². The molecule has 0 aromatic heterocycles. The minimum absolute atomic E-state index is 0.0208. The van der Waals surface area contributed by atoms with E-state index in [9.17, 15) is 13.2 Å². The summed E-state index contributed by atoms with van der Waals surface area (Å²) in [5.74, 6) is 0.954. The third-order valence-electron chi connectivity index (χ3n) is 5.13. The zero-order valence-corrected chi connectivity index (χ0v) is 16.6. The van der Waals surface area contributed by atoms with Crippen molar-refractivity contribution in [3.63, 3.8) is 0 Å². The molecule has 0 saturated carbocycles. The maximum Gasteiger partial charge on any atom is 0.227 e. The summed E-state index contributed by atoms with van der Waals surface area (Å²) >= 11 is 0. The molecule has 1 fully saturated rings. The molecule has 0 unspecified atom stereocenters. The van der Waals surface area contributed by atoms with Crippen LogP contribution in [0.1, 0.15) is 18.4 Å². The van der Waals surface area contributed by atoms with Gasteiger partial charge in [0.05, 0.1) is 24.5 Å². The second-order valence-electron chi connectivity index (χ2n) is 6.98. The third-order valence-corrected chi connectivity index (χ3v) is 6.74. The van der Waals surface area contributed by atoms with Crippen LogP contribution in [0, 0.1) is 0 Å². The molecule has 2 aromatic rings. The topological polar surface area (TPSA) is 75.7 Å². The van der Waals surface area contributed by atoms with Crippen LogP contribution in [0.5, 0.6) is 5.75 Å². The molecule has 0 radical (unpaired) electrons. The molecule has 1 aliphatic heterocycles. The normalized spacial score (nSPS) is 18.1. The maximum absolute atomic E-state index is 12.5. The lowest BCUT2D eigenvalue weighted by Crippen LogP contribution is -2.44. The third kappa shape index (κ3) is 4.99. The van der Waals surface area contributed by atoms with Crippen molar-refractivity contribution in [3.05, 3.63) is 42.0 Å². The number of nitrogens with one attached hydrogen (secondary N) is 1. The highest BCUT2D eigenvalue weighted by Crippen LogP contribution is 2.25. The fourth-order valence-electron chi connectivity index (χ4n) is 3.25. The number of benzene rings is 2. The number of hydrogen-bond donors (Lipinski definition) is 1. The van der Waals surface area contributed by atoms with Crippen molar-refractivity contribution in [1.82, 2.24) is 10.2 Å². The van der Waals surface area contributed by atoms with Gasteiger partial charge >= 0.3 is 0 Å². The van der Waals surface area contributed by atoms with Gasteiger partial charge in [0.15, 0.2) is 9.84 Å². The Morgan fingerprint density at radius 2 is 1.81 bits per heavy atom. The first kappa shape index (κ1) is 19.6. The molecule has 2 aromatic carbocycles. The number of sulfone groups is 1. The number of methoxy groups -OCH3 is 1. The van der Waals surface area contributed by atoms with E-state index in [0.717, 1.165) is 22.1 Å². The van der Waals surface area contributed by atoms with Crippen LogP contribution in [0.25, 0.3) is 10.8 Å². The molecule has 0 spiro atoms. The van der Waals surface area contributed by atoms with Gasteiger partial charge in [-0.3, -0.25) is 9.69 Å². The van der Waals surface area contributed by atoms with Crippen molar-refractivity contribution >= 4 is 26.5 Å². The molecule has 1 atom stereocenters. The predicted molar refractivity (Wildman–Crippen MR) is 107 cm³/mol. The highest BCUT2D eigenvalue weighted by atomic mass is 32.2. The van der Waals surface area contributed by atoms with E-state index in [1.54, 1.807) is 7.11 Å². The van der Waals surface area contributed by atoms with Gasteiger partial charge in [0.1, 0.15) is 5.75 Å².